The number of rotatable bonds is 10. The molecule has 5 rings (SSSR count). The third kappa shape index (κ3) is 5.08. The number of carbonyl (C=O) groups excluding carboxylic acids is 1. The van der Waals surface area contributed by atoms with Crippen LogP contribution in [0.25, 0.3) is 0 Å². The number of ether oxygens (including phenoxy) is 3. The lowest BCUT2D eigenvalue weighted by molar-refractivity contribution is -0.122. The fraction of sp³-hybridized carbons (Fsp3) is 0.536. The molecule has 2 saturated heterocycles. The van der Waals surface area contributed by atoms with Gasteiger partial charge >= 0.3 is 0 Å². The first-order valence-electron chi connectivity index (χ1n) is 12.8. The minimum absolute atomic E-state index is 0.0293. The molecule has 2 aromatic rings. The van der Waals surface area contributed by atoms with Crippen LogP contribution in [0.3, 0.4) is 0 Å². The second-order valence-corrected chi connectivity index (χ2v) is 9.59. The first-order valence-corrected chi connectivity index (χ1v) is 12.8. The van der Waals surface area contributed by atoms with Crippen molar-refractivity contribution in [2.24, 2.45) is 0 Å². The van der Waals surface area contributed by atoms with Crippen LogP contribution in [0.2, 0.25) is 0 Å². The van der Waals surface area contributed by atoms with Crippen LogP contribution in [-0.4, -0.2) is 56.5 Å². The summed E-state index contributed by atoms with van der Waals surface area (Å²) in [6.07, 6.45) is 6.16. The van der Waals surface area contributed by atoms with E-state index >= 15 is 0 Å². The zero-order chi connectivity index (χ0) is 23.5. The van der Waals surface area contributed by atoms with Crippen LogP contribution in [0.15, 0.2) is 42.5 Å². The molecule has 0 spiro atoms. The van der Waals surface area contributed by atoms with Crippen LogP contribution in [0, 0.1) is 0 Å². The van der Waals surface area contributed by atoms with Crippen molar-refractivity contribution < 1.29 is 19.0 Å². The molecule has 2 atom stereocenters. The second-order valence-electron chi connectivity index (χ2n) is 9.59. The molecule has 6 nitrogen and oxygen atoms in total. The highest BCUT2D eigenvalue weighted by Crippen LogP contribution is 2.40. The van der Waals surface area contributed by atoms with Crippen molar-refractivity contribution in [1.29, 1.82) is 0 Å². The minimum atomic E-state index is -0.429. The zero-order valence-corrected chi connectivity index (χ0v) is 20.4. The number of methoxy groups -OCH3 is 1. The summed E-state index contributed by atoms with van der Waals surface area (Å²) in [6.45, 7) is 5.34. The van der Waals surface area contributed by atoms with E-state index in [1.807, 2.05) is 29.2 Å². The number of carbonyl (C=O) groups is 1. The summed E-state index contributed by atoms with van der Waals surface area (Å²) in [5.74, 6) is 2.42. The third-order valence-corrected chi connectivity index (χ3v) is 7.31. The number of hydrogen-bond acceptors (Lipinski definition) is 5. The summed E-state index contributed by atoms with van der Waals surface area (Å²) in [6, 6.07) is 14.4. The Morgan fingerprint density at radius 1 is 1.00 bits per heavy atom. The Balaban J connectivity index is 1.18. The van der Waals surface area contributed by atoms with Gasteiger partial charge in [0.25, 0.3) is 5.91 Å². The largest absolute Gasteiger partial charge is 0.492 e. The first kappa shape index (κ1) is 23.2. The van der Waals surface area contributed by atoms with Crippen molar-refractivity contribution in [1.82, 2.24) is 4.90 Å². The second kappa shape index (κ2) is 10.4. The van der Waals surface area contributed by atoms with E-state index in [2.05, 4.69) is 30.0 Å². The molecule has 0 unspecified atom stereocenters. The van der Waals surface area contributed by atoms with E-state index in [0.717, 1.165) is 54.6 Å². The molecular weight excluding hydrogens is 428 g/mol. The maximum Gasteiger partial charge on any atom is 0.268 e. The van der Waals surface area contributed by atoms with Crippen LogP contribution >= 0.6 is 0 Å². The molecule has 1 saturated carbocycles. The van der Waals surface area contributed by atoms with E-state index in [-0.39, 0.29) is 12.1 Å². The zero-order valence-electron chi connectivity index (χ0n) is 20.4. The Labute approximate surface area is 202 Å². The van der Waals surface area contributed by atoms with E-state index in [1.165, 1.54) is 24.8 Å². The fourth-order valence-electron chi connectivity index (χ4n) is 5.16. The quantitative estimate of drug-likeness (QED) is 0.508. The summed E-state index contributed by atoms with van der Waals surface area (Å²) in [4.78, 5) is 17.3. The molecule has 0 bridgehead atoms. The average molecular weight is 465 g/mol. The number of hydrogen-bond donors (Lipinski definition) is 0. The van der Waals surface area contributed by atoms with Gasteiger partial charge in [-0.3, -0.25) is 9.69 Å². The molecule has 0 radical (unpaired) electrons. The van der Waals surface area contributed by atoms with Gasteiger partial charge in [-0.1, -0.05) is 19.1 Å². The predicted molar refractivity (Wildman–Crippen MR) is 133 cm³/mol. The average Bonchev–Trinajstić information content (AvgIpc) is 3.52. The van der Waals surface area contributed by atoms with Gasteiger partial charge in [-0.15, -0.1) is 0 Å². The van der Waals surface area contributed by atoms with Gasteiger partial charge in [0, 0.05) is 38.9 Å². The molecule has 182 valence electrons. The Kier molecular flexibility index (Phi) is 7.07. The number of anilines is 1. The highest BCUT2D eigenvalue weighted by Gasteiger charge is 2.34. The highest BCUT2D eigenvalue weighted by molar-refractivity contribution is 5.99. The number of likely N-dealkylation sites (tertiary alicyclic amines) is 1. The topological polar surface area (TPSA) is 51.2 Å². The predicted octanol–water partition coefficient (Wildman–Crippen LogP) is 4.76. The summed E-state index contributed by atoms with van der Waals surface area (Å²) in [7, 11) is 1.78. The lowest BCUT2D eigenvalue weighted by Crippen LogP contribution is -2.34. The van der Waals surface area contributed by atoms with Gasteiger partial charge in [-0.2, -0.15) is 0 Å². The number of amides is 1. The molecule has 1 amide bonds. The van der Waals surface area contributed by atoms with Crippen molar-refractivity contribution in [2.75, 3.05) is 38.3 Å². The van der Waals surface area contributed by atoms with Crippen molar-refractivity contribution in [3.05, 3.63) is 53.6 Å². The lowest BCUT2D eigenvalue weighted by Gasteiger charge is -2.23. The van der Waals surface area contributed by atoms with E-state index in [9.17, 15) is 4.79 Å². The molecule has 2 aliphatic heterocycles. The van der Waals surface area contributed by atoms with Gasteiger partial charge in [0.1, 0.15) is 24.3 Å². The molecule has 34 heavy (non-hydrogen) atoms. The normalized spacial score (nSPS) is 23.0. The Bertz CT molecular complexity index is 988. The smallest absolute Gasteiger partial charge is 0.268 e. The maximum atomic E-state index is 13.1. The molecule has 2 heterocycles. The maximum absolute atomic E-state index is 13.1. The molecule has 1 aliphatic carbocycles. The van der Waals surface area contributed by atoms with Crippen molar-refractivity contribution in [3.8, 4) is 11.5 Å². The molecular formula is C28H36N2O4. The molecule has 3 aliphatic rings. The summed E-state index contributed by atoms with van der Waals surface area (Å²) >= 11 is 0. The fourth-order valence-corrected chi connectivity index (χ4v) is 5.16. The van der Waals surface area contributed by atoms with E-state index in [4.69, 9.17) is 14.2 Å². The summed E-state index contributed by atoms with van der Waals surface area (Å²) in [5, 5.41) is 0. The molecule has 0 N–H and O–H groups in total. The van der Waals surface area contributed by atoms with Crippen molar-refractivity contribution in [3.63, 3.8) is 0 Å². The molecule has 0 aromatic heterocycles. The van der Waals surface area contributed by atoms with Gasteiger partial charge < -0.3 is 19.1 Å². The standard InChI is InChI=1S/C28H36N2O4/c1-3-20-19-23(10-13-25(20)33-18-17-29-15-4-5-27(29)32-2)30-16-14-26(28(30)31)34-24-11-8-22(9-12-24)21-6-7-21/h8-13,19,21,26-27H,3-7,14-18H2,1-2H3/t26-,27-/m0/s1. The van der Waals surface area contributed by atoms with E-state index in [1.54, 1.807) is 7.11 Å². The van der Waals surface area contributed by atoms with Crippen molar-refractivity contribution >= 4 is 11.6 Å². The summed E-state index contributed by atoms with van der Waals surface area (Å²) in [5.41, 5.74) is 3.42. The third-order valence-electron chi connectivity index (χ3n) is 7.31. The molecule has 6 heteroatoms. The van der Waals surface area contributed by atoms with Crippen LogP contribution in [0.1, 0.15) is 56.1 Å². The number of benzene rings is 2. The molecule has 3 fully saturated rings. The van der Waals surface area contributed by atoms with Crippen LogP contribution < -0.4 is 14.4 Å². The van der Waals surface area contributed by atoms with E-state index < -0.39 is 6.10 Å². The summed E-state index contributed by atoms with van der Waals surface area (Å²) < 4.78 is 17.7. The van der Waals surface area contributed by atoms with Gasteiger partial charge in [0.2, 0.25) is 0 Å². The van der Waals surface area contributed by atoms with Gasteiger partial charge in [0.15, 0.2) is 6.10 Å². The Morgan fingerprint density at radius 2 is 1.82 bits per heavy atom. The molecule has 2 aromatic carbocycles. The van der Waals surface area contributed by atoms with Crippen LogP contribution in [-0.2, 0) is 16.0 Å². The van der Waals surface area contributed by atoms with Gasteiger partial charge in [-0.25, -0.2) is 0 Å². The number of aryl methyl sites for hydroxylation is 1. The Hall–Kier alpha value is -2.57. The van der Waals surface area contributed by atoms with Gasteiger partial charge in [-0.05, 0) is 79.5 Å². The monoisotopic (exact) mass is 464 g/mol. The van der Waals surface area contributed by atoms with E-state index in [0.29, 0.717) is 19.6 Å². The van der Waals surface area contributed by atoms with Crippen LogP contribution in [0.4, 0.5) is 5.69 Å². The lowest BCUT2D eigenvalue weighted by atomic mass is 10.1. The minimum Gasteiger partial charge on any atom is -0.492 e. The number of nitrogens with zero attached hydrogens (tertiary/aromatic N) is 2. The van der Waals surface area contributed by atoms with Gasteiger partial charge in [0.05, 0.1) is 0 Å². The van der Waals surface area contributed by atoms with Crippen molar-refractivity contribution in [2.45, 2.75) is 63.7 Å². The Morgan fingerprint density at radius 3 is 2.56 bits per heavy atom. The highest BCUT2D eigenvalue weighted by atomic mass is 16.5. The van der Waals surface area contributed by atoms with Crippen LogP contribution in [0.5, 0.6) is 11.5 Å². The SMILES string of the molecule is CCc1cc(N2CC[C@H](Oc3ccc(C4CC4)cc3)C2=O)ccc1OCCN1CCC[C@@H]1OC. The first-order chi connectivity index (χ1) is 16.7.